The third-order valence-electron chi connectivity index (χ3n) is 6.85. The van der Waals surface area contributed by atoms with E-state index in [9.17, 15) is 66.7 Å². The summed E-state index contributed by atoms with van der Waals surface area (Å²) in [4.78, 5) is 24.7. The number of hydrogen-bond donors (Lipinski definition) is 0. The van der Waals surface area contributed by atoms with E-state index in [0.717, 1.165) is 49.9 Å². The average Bonchev–Trinajstić information content (AvgIpc) is 2.99. The molecule has 0 saturated heterocycles. The number of carbonyl (C=O) groups excluding carboxylic acids is 2. The highest BCUT2D eigenvalue weighted by atomic mass is 19.4. The number of alkyl halides is 13. The molecule has 48 heavy (non-hydrogen) atoms. The molecule has 0 heterocycles. The summed E-state index contributed by atoms with van der Waals surface area (Å²) in [5, 5.41) is 0. The van der Waals surface area contributed by atoms with Gasteiger partial charge in [0.15, 0.2) is 0 Å². The Morgan fingerprint density at radius 3 is 1.60 bits per heavy atom. The third-order valence-corrected chi connectivity index (χ3v) is 6.85. The Morgan fingerprint density at radius 1 is 0.625 bits per heavy atom. The molecule has 2 rings (SSSR count). The van der Waals surface area contributed by atoms with Crippen LogP contribution in [0.2, 0.25) is 0 Å². The second-order valence-corrected chi connectivity index (χ2v) is 10.6. The lowest BCUT2D eigenvalue weighted by Gasteiger charge is -2.39. The van der Waals surface area contributed by atoms with E-state index in [1.165, 1.54) is 24.3 Å². The van der Waals surface area contributed by atoms with Crippen molar-refractivity contribution in [1.82, 2.24) is 0 Å². The number of ether oxygens (including phenoxy) is 3. The molecule has 0 aliphatic heterocycles. The van der Waals surface area contributed by atoms with Crippen molar-refractivity contribution in [2.75, 3.05) is 6.61 Å². The first-order valence-electron chi connectivity index (χ1n) is 14.1. The number of hydrogen-bond acceptors (Lipinski definition) is 5. The van der Waals surface area contributed by atoms with Crippen molar-refractivity contribution in [2.45, 2.75) is 94.3 Å². The molecule has 18 heteroatoms. The summed E-state index contributed by atoms with van der Waals surface area (Å²) in [6.45, 7) is 2.18. The van der Waals surface area contributed by atoms with Crippen LogP contribution < -0.4 is 9.47 Å². The van der Waals surface area contributed by atoms with Gasteiger partial charge < -0.3 is 14.2 Å². The van der Waals surface area contributed by atoms with Gasteiger partial charge in [0.1, 0.15) is 11.5 Å². The second kappa shape index (κ2) is 15.2. The monoisotopic (exact) mass is 716 g/mol. The number of unbranched alkanes of at least 4 members (excludes halogenated alkanes) is 3. The minimum Gasteiger partial charge on any atom is -0.493 e. The van der Waals surface area contributed by atoms with Crippen LogP contribution in [0.5, 0.6) is 11.5 Å². The van der Waals surface area contributed by atoms with Gasteiger partial charge in [-0.3, -0.25) is 0 Å². The third kappa shape index (κ3) is 8.84. The summed E-state index contributed by atoms with van der Waals surface area (Å²) in [6, 6.07) is 8.99. The van der Waals surface area contributed by atoms with Crippen LogP contribution in [0.1, 0.15) is 73.1 Å². The lowest BCUT2D eigenvalue weighted by atomic mass is 9.93. The van der Waals surface area contributed by atoms with Gasteiger partial charge in [-0.2, -0.15) is 57.1 Å². The fraction of sp³-hybridized carbons (Fsp3) is 0.533. The first-order chi connectivity index (χ1) is 21.9. The first-order valence-corrected chi connectivity index (χ1v) is 14.1. The Morgan fingerprint density at radius 2 is 1.10 bits per heavy atom. The van der Waals surface area contributed by atoms with Crippen molar-refractivity contribution in [1.29, 1.82) is 0 Å². The predicted molar refractivity (Wildman–Crippen MR) is 142 cm³/mol. The van der Waals surface area contributed by atoms with Crippen molar-refractivity contribution in [2.24, 2.45) is 0 Å². The highest BCUT2D eigenvalue weighted by Crippen LogP contribution is 2.60. The molecular weight excluding hydrogens is 687 g/mol. The van der Waals surface area contributed by atoms with Gasteiger partial charge >= 0.3 is 47.7 Å². The zero-order valence-corrected chi connectivity index (χ0v) is 25.1. The molecule has 0 fully saturated rings. The van der Waals surface area contributed by atoms with Crippen LogP contribution in [0, 0.1) is 0 Å². The maximum atomic E-state index is 13.9. The van der Waals surface area contributed by atoms with Crippen LogP contribution in [-0.4, -0.2) is 60.4 Å². The van der Waals surface area contributed by atoms with Gasteiger partial charge in [-0.05, 0) is 68.3 Å². The minimum absolute atomic E-state index is 0.0111. The zero-order valence-electron chi connectivity index (χ0n) is 25.1. The molecule has 0 bridgehead atoms. The second-order valence-electron chi connectivity index (χ2n) is 10.6. The molecule has 2 aromatic carbocycles. The number of carbonyl (C=O) groups is 2. The largest absolute Gasteiger partial charge is 0.493 e. The maximum Gasteiger partial charge on any atom is 0.460 e. The van der Waals surface area contributed by atoms with E-state index < -0.39 is 66.5 Å². The average molecular weight is 717 g/mol. The minimum atomic E-state index is -7.98. The number of benzene rings is 2. The molecule has 0 aliphatic carbocycles. The molecule has 0 aliphatic rings. The van der Waals surface area contributed by atoms with Crippen LogP contribution in [0.4, 0.5) is 57.1 Å². The molecule has 5 nitrogen and oxygen atoms in total. The van der Waals surface area contributed by atoms with Crippen LogP contribution in [-0.2, 0) is 4.74 Å². The van der Waals surface area contributed by atoms with E-state index in [1.54, 1.807) is 6.92 Å². The van der Waals surface area contributed by atoms with E-state index in [0.29, 0.717) is 6.42 Å². The summed E-state index contributed by atoms with van der Waals surface area (Å²) in [6.07, 6.45) is -5.62. The topological polar surface area (TPSA) is 61.8 Å². The van der Waals surface area contributed by atoms with Gasteiger partial charge in [0.05, 0.1) is 30.3 Å². The molecule has 270 valence electrons. The van der Waals surface area contributed by atoms with E-state index in [1.807, 2.05) is 0 Å². The molecule has 0 saturated carbocycles. The molecular formula is C30H29F13O5. The first kappa shape index (κ1) is 40.4. The Kier molecular flexibility index (Phi) is 12.8. The van der Waals surface area contributed by atoms with Gasteiger partial charge in [-0.1, -0.05) is 26.2 Å². The molecule has 0 N–H and O–H groups in total. The number of esters is 2. The Hall–Kier alpha value is -3.73. The Labute approximate surface area is 265 Å². The van der Waals surface area contributed by atoms with Crippen molar-refractivity contribution >= 4 is 11.9 Å². The number of halogens is 13. The molecule has 0 amide bonds. The van der Waals surface area contributed by atoms with Gasteiger partial charge in [0, 0.05) is 0 Å². The predicted octanol–water partition coefficient (Wildman–Crippen LogP) is 9.93. The molecule has 2 aromatic rings. The summed E-state index contributed by atoms with van der Waals surface area (Å²) in [5.74, 6) is -39.4. The fourth-order valence-corrected chi connectivity index (χ4v) is 3.94. The molecule has 0 spiro atoms. The van der Waals surface area contributed by atoms with Crippen molar-refractivity contribution in [3.05, 3.63) is 59.7 Å². The van der Waals surface area contributed by atoms with Gasteiger partial charge in [0.2, 0.25) is 0 Å². The van der Waals surface area contributed by atoms with E-state index in [2.05, 4.69) is 11.7 Å². The maximum absolute atomic E-state index is 13.9. The standard InChI is InChI=1S/C30H29F13O5/c1-3-4-5-6-7-18(2)47-23(44)19-10-14-22(15-11-19)48-24(45)20-8-12-21(13-9-20)46-17-16-25(31,32)26(33,34)27(35,36)28(37,38)29(39,40)30(41,42)43/h8-15,18H,3-7,16-17H2,1-2H3. The zero-order chi connectivity index (χ0) is 36.8. The van der Waals surface area contributed by atoms with E-state index >= 15 is 0 Å². The normalized spacial score (nSPS) is 14.0. The highest BCUT2D eigenvalue weighted by molar-refractivity contribution is 5.92. The van der Waals surface area contributed by atoms with Crippen molar-refractivity contribution in [3.8, 4) is 11.5 Å². The lowest BCUT2D eigenvalue weighted by Crippen LogP contribution is -2.70. The molecule has 0 aromatic heterocycles. The summed E-state index contributed by atoms with van der Waals surface area (Å²) in [5.41, 5.74) is -0.0104. The summed E-state index contributed by atoms with van der Waals surface area (Å²) < 4.78 is 187. The molecule has 1 unspecified atom stereocenters. The molecule has 0 radical (unpaired) electrons. The number of rotatable bonds is 17. The smallest absolute Gasteiger partial charge is 0.460 e. The summed E-state index contributed by atoms with van der Waals surface area (Å²) in [7, 11) is 0. The van der Waals surface area contributed by atoms with Crippen molar-refractivity contribution in [3.63, 3.8) is 0 Å². The van der Waals surface area contributed by atoms with Crippen LogP contribution in [0.3, 0.4) is 0 Å². The Balaban J connectivity index is 1.97. The molecule has 1 atom stereocenters. The van der Waals surface area contributed by atoms with Crippen LogP contribution in [0.15, 0.2) is 48.5 Å². The van der Waals surface area contributed by atoms with Crippen LogP contribution in [0.25, 0.3) is 0 Å². The van der Waals surface area contributed by atoms with Crippen LogP contribution >= 0.6 is 0 Å². The fourth-order valence-electron chi connectivity index (χ4n) is 3.94. The van der Waals surface area contributed by atoms with Gasteiger partial charge in [-0.25, -0.2) is 9.59 Å². The Bertz CT molecular complexity index is 1360. The van der Waals surface area contributed by atoms with E-state index in [-0.39, 0.29) is 23.0 Å². The quantitative estimate of drug-likeness (QED) is 0.0706. The SMILES string of the molecule is CCCCCCC(C)OC(=O)c1ccc(OC(=O)c2ccc(OCCC(F)(F)C(F)(F)C(F)(F)C(F)(F)C(F)(F)C(F)(F)F)cc2)cc1. The summed E-state index contributed by atoms with van der Waals surface area (Å²) >= 11 is 0. The highest BCUT2D eigenvalue weighted by Gasteiger charge is 2.90. The van der Waals surface area contributed by atoms with Gasteiger partial charge in [0.25, 0.3) is 0 Å². The van der Waals surface area contributed by atoms with E-state index in [4.69, 9.17) is 9.47 Å². The van der Waals surface area contributed by atoms with Gasteiger partial charge in [-0.15, -0.1) is 0 Å². The lowest BCUT2D eigenvalue weighted by molar-refractivity contribution is -0.440. The van der Waals surface area contributed by atoms with Crippen molar-refractivity contribution < 1.29 is 80.9 Å².